The van der Waals surface area contributed by atoms with Crippen LogP contribution in [0.1, 0.15) is 13.3 Å². The minimum Gasteiger partial charge on any atom is -0.283 e. The van der Waals surface area contributed by atoms with Crippen LogP contribution in [-0.4, -0.2) is 13.9 Å². The maximum Gasteiger partial charge on any atom is 0.249 e. The predicted octanol–water partition coefficient (Wildman–Crippen LogP) is 0.990. The van der Waals surface area contributed by atoms with E-state index in [1.165, 1.54) is 0 Å². The first-order chi connectivity index (χ1) is 4.24. The number of nitrogens with zero attached hydrogens (tertiary/aromatic N) is 2. The van der Waals surface area contributed by atoms with Crippen LogP contribution in [0.15, 0.2) is 4.99 Å². The van der Waals surface area contributed by atoms with Crippen molar-refractivity contribution in [2.75, 3.05) is 0 Å². The second kappa shape index (κ2) is 1.66. The number of rotatable bonds is 1. The summed E-state index contributed by atoms with van der Waals surface area (Å²) in [4.78, 5) is 4.26. The summed E-state index contributed by atoms with van der Waals surface area (Å²) >= 11 is 3.25. The molecule has 0 aromatic carbocycles. The van der Waals surface area contributed by atoms with Gasteiger partial charge in [0, 0.05) is 11.9 Å². The zero-order chi connectivity index (χ0) is 6.48. The quantitative estimate of drug-likeness (QED) is 0.460. The van der Waals surface area contributed by atoms with Crippen LogP contribution in [0.3, 0.4) is 0 Å². The molecule has 0 amide bonds. The third-order valence-electron chi connectivity index (χ3n) is 1.22. The van der Waals surface area contributed by atoms with Crippen LogP contribution < -0.4 is 5.73 Å². The van der Waals surface area contributed by atoms with Crippen molar-refractivity contribution in [3.63, 3.8) is 0 Å². The van der Waals surface area contributed by atoms with Gasteiger partial charge in [-0.2, -0.15) is 0 Å². The lowest BCUT2D eigenvalue weighted by Gasteiger charge is -1.91. The summed E-state index contributed by atoms with van der Waals surface area (Å²) in [6.07, 6.45) is 1.00. The largest absolute Gasteiger partial charge is 0.283 e. The highest BCUT2D eigenvalue weighted by molar-refractivity contribution is 8.26. The highest BCUT2D eigenvalue weighted by atomic mass is 32.2. The van der Waals surface area contributed by atoms with Crippen LogP contribution >= 0.6 is 23.9 Å². The topological polar surface area (TPSA) is 41.4 Å². The van der Waals surface area contributed by atoms with Gasteiger partial charge in [0.05, 0.1) is 5.04 Å². The van der Waals surface area contributed by atoms with E-state index < -0.39 is 0 Å². The summed E-state index contributed by atoms with van der Waals surface area (Å²) in [5, 5.41) is 0.784. The molecule has 2 rings (SSSR count). The molecule has 2 aliphatic heterocycles. The summed E-state index contributed by atoms with van der Waals surface area (Å²) in [5.74, 6) is 0. The lowest BCUT2D eigenvalue weighted by Crippen LogP contribution is -2.20. The number of hydrogen-bond donors (Lipinski definition) is 1. The molecule has 0 bridgehead atoms. The third-order valence-corrected chi connectivity index (χ3v) is 3.63. The van der Waals surface area contributed by atoms with Crippen LogP contribution in [0.25, 0.3) is 0 Å². The Labute approximate surface area is 62.3 Å². The Bertz CT molecular complexity index is 181. The SMILES string of the molecule is CCC1=N[C@]2(N)SN2S1. The van der Waals surface area contributed by atoms with Crippen molar-refractivity contribution in [2.45, 2.75) is 18.5 Å². The molecule has 0 aromatic rings. The number of aliphatic imine (C=N–C) groups is 1. The summed E-state index contributed by atoms with van der Waals surface area (Å²) in [6, 6.07) is 0. The van der Waals surface area contributed by atoms with E-state index in [2.05, 4.69) is 11.9 Å². The molecule has 1 saturated heterocycles. The lowest BCUT2D eigenvalue weighted by molar-refractivity contribution is 0.620. The van der Waals surface area contributed by atoms with Crippen molar-refractivity contribution in [1.82, 2.24) is 3.71 Å². The summed E-state index contributed by atoms with van der Waals surface area (Å²) in [7, 11) is 0. The Hall–Kier alpha value is 0.290. The van der Waals surface area contributed by atoms with Crippen LogP contribution in [-0.2, 0) is 0 Å². The van der Waals surface area contributed by atoms with E-state index in [-0.39, 0.29) is 5.12 Å². The van der Waals surface area contributed by atoms with Crippen LogP contribution in [0, 0.1) is 0 Å². The van der Waals surface area contributed by atoms with Crippen LogP contribution in [0.4, 0.5) is 0 Å². The van der Waals surface area contributed by atoms with E-state index >= 15 is 0 Å². The molecule has 2 atom stereocenters. The highest BCUT2D eigenvalue weighted by Gasteiger charge is 2.57. The van der Waals surface area contributed by atoms with E-state index in [9.17, 15) is 0 Å². The Balaban J connectivity index is 2.16. The summed E-state index contributed by atoms with van der Waals surface area (Å²) < 4.78 is 2.01. The minimum absolute atomic E-state index is 0.365. The molecule has 1 fully saturated rings. The van der Waals surface area contributed by atoms with Crippen molar-refractivity contribution < 1.29 is 0 Å². The van der Waals surface area contributed by atoms with Crippen LogP contribution in [0.2, 0.25) is 0 Å². The van der Waals surface area contributed by atoms with Crippen molar-refractivity contribution in [2.24, 2.45) is 10.7 Å². The van der Waals surface area contributed by atoms with Gasteiger partial charge in [-0.25, -0.2) is 4.99 Å². The maximum atomic E-state index is 5.70. The monoisotopic (exact) mass is 161 g/mol. The molecule has 0 saturated carbocycles. The Morgan fingerprint density at radius 2 is 2.67 bits per heavy atom. The second-order valence-corrected chi connectivity index (χ2v) is 4.36. The highest BCUT2D eigenvalue weighted by Crippen LogP contribution is 2.59. The Kier molecular flexibility index (Phi) is 1.11. The van der Waals surface area contributed by atoms with Crippen molar-refractivity contribution >= 4 is 28.9 Å². The molecule has 50 valence electrons. The molecule has 5 heteroatoms. The van der Waals surface area contributed by atoms with Gasteiger partial charge in [-0.3, -0.25) is 5.73 Å². The molecule has 0 aliphatic carbocycles. The number of hydrogen-bond acceptors (Lipinski definition) is 5. The van der Waals surface area contributed by atoms with Gasteiger partial charge >= 0.3 is 0 Å². The lowest BCUT2D eigenvalue weighted by atomic mass is 10.5. The molecular weight excluding hydrogens is 154 g/mol. The van der Waals surface area contributed by atoms with E-state index in [0.29, 0.717) is 0 Å². The number of fused-ring (bicyclic) bond motifs is 1. The fourth-order valence-corrected chi connectivity index (χ4v) is 2.66. The van der Waals surface area contributed by atoms with Gasteiger partial charge in [0.15, 0.2) is 0 Å². The van der Waals surface area contributed by atoms with Crippen molar-refractivity contribution in [3.05, 3.63) is 0 Å². The molecule has 2 N–H and O–H groups in total. The standard InChI is InChI=1S/C4H7N3S2/c1-2-3-6-4(5)7(8-3)9-4/h2,5H2,1H3/t4-,7?/m0/s1. The van der Waals surface area contributed by atoms with Gasteiger partial charge in [0.25, 0.3) is 0 Å². The molecule has 2 aliphatic rings. The average molecular weight is 161 g/mol. The maximum absolute atomic E-state index is 5.70. The fourth-order valence-electron chi connectivity index (χ4n) is 0.685. The van der Waals surface area contributed by atoms with E-state index in [4.69, 9.17) is 5.73 Å². The van der Waals surface area contributed by atoms with E-state index in [0.717, 1.165) is 11.5 Å². The minimum atomic E-state index is -0.365. The summed E-state index contributed by atoms with van der Waals surface area (Å²) in [6.45, 7) is 2.09. The Morgan fingerprint density at radius 1 is 1.89 bits per heavy atom. The Morgan fingerprint density at radius 3 is 3.00 bits per heavy atom. The van der Waals surface area contributed by atoms with Crippen LogP contribution in [0.5, 0.6) is 0 Å². The smallest absolute Gasteiger partial charge is 0.249 e. The van der Waals surface area contributed by atoms with Gasteiger partial charge in [-0.1, -0.05) is 6.92 Å². The fraction of sp³-hybridized carbons (Fsp3) is 0.750. The average Bonchev–Trinajstić information content (AvgIpc) is 2.33. The van der Waals surface area contributed by atoms with Gasteiger partial charge in [0.2, 0.25) is 5.12 Å². The number of nitrogens with two attached hydrogens (primary N) is 1. The third kappa shape index (κ3) is 0.797. The summed E-state index contributed by atoms with van der Waals surface area (Å²) in [5.41, 5.74) is 5.70. The van der Waals surface area contributed by atoms with E-state index in [1.54, 1.807) is 23.9 Å². The zero-order valence-corrected chi connectivity index (χ0v) is 6.63. The molecule has 2 heterocycles. The second-order valence-electron chi connectivity index (χ2n) is 1.96. The first-order valence-electron chi connectivity index (χ1n) is 2.79. The van der Waals surface area contributed by atoms with Gasteiger partial charge in [-0.15, -0.1) is 3.71 Å². The predicted molar refractivity (Wildman–Crippen MR) is 41.7 cm³/mol. The first kappa shape index (κ1) is 6.03. The van der Waals surface area contributed by atoms with E-state index in [1.807, 2.05) is 3.71 Å². The molecule has 1 unspecified atom stereocenters. The van der Waals surface area contributed by atoms with Crippen molar-refractivity contribution in [1.29, 1.82) is 0 Å². The van der Waals surface area contributed by atoms with Gasteiger partial charge in [0.1, 0.15) is 0 Å². The molecular formula is C4H7N3S2. The molecule has 0 spiro atoms. The molecule has 3 nitrogen and oxygen atoms in total. The van der Waals surface area contributed by atoms with Crippen molar-refractivity contribution in [3.8, 4) is 0 Å². The molecule has 0 aromatic heterocycles. The van der Waals surface area contributed by atoms with Gasteiger partial charge < -0.3 is 0 Å². The zero-order valence-electron chi connectivity index (χ0n) is 5.00. The normalized spacial score (nSPS) is 46.4. The molecule has 0 radical (unpaired) electrons. The van der Waals surface area contributed by atoms with Gasteiger partial charge in [-0.05, 0) is 18.4 Å². The molecule has 9 heavy (non-hydrogen) atoms. The first-order valence-corrected chi connectivity index (χ1v) is 4.34.